The molecule has 0 spiro atoms. The van der Waals surface area contributed by atoms with Gasteiger partial charge in [-0.25, -0.2) is 0 Å². The van der Waals surface area contributed by atoms with Crippen LogP contribution in [0.25, 0.3) is 0 Å². The van der Waals surface area contributed by atoms with Crippen molar-refractivity contribution in [2.75, 3.05) is 0 Å². The first-order valence-corrected chi connectivity index (χ1v) is 3.58. The second kappa shape index (κ2) is 4.20. The van der Waals surface area contributed by atoms with E-state index in [-0.39, 0.29) is 5.92 Å². The van der Waals surface area contributed by atoms with E-state index in [0.717, 1.165) is 12.7 Å². The van der Waals surface area contributed by atoms with Crippen LogP contribution >= 0.6 is 0 Å². The standard InChI is InChI=1S/C8H15NO/c1-6(2)4-8(5-10)7(3)9/h5-6,8-9H,4H2,1-3H3. The lowest BCUT2D eigenvalue weighted by Crippen LogP contribution is -2.13. The highest BCUT2D eigenvalue weighted by Crippen LogP contribution is 2.09. The topological polar surface area (TPSA) is 40.9 Å². The Morgan fingerprint density at radius 2 is 2.10 bits per heavy atom. The van der Waals surface area contributed by atoms with Gasteiger partial charge in [0, 0.05) is 5.71 Å². The van der Waals surface area contributed by atoms with Crippen molar-refractivity contribution < 1.29 is 4.79 Å². The fraction of sp³-hybridized carbons (Fsp3) is 0.750. The summed E-state index contributed by atoms with van der Waals surface area (Å²) >= 11 is 0. The Morgan fingerprint density at radius 1 is 1.60 bits per heavy atom. The predicted molar refractivity (Wildman–Crippen MR) is 42.4 cm³/mol. The van der Waals surface area contributed by atoms with Crippen LogP contribution in [0.4, 0.5) is 0 Å². The minimum absolute atomic E-state index is 0.153. The number of aldehydes is 1. The molecule has 0 aromatic heterocycles. The second-order valence-electron chi connectivity index (χ2n) is 3.06. The largest absolute Gasteiger partial charge is 0.309 e. The van der Waals surface area contributed by atoms with Gasteiger partial charge >= 0.3 is 0 Å². The Bertz CT molecular complexity index is 129. The minimum atomic E-state index is -0.153. The van der Waals surface area contributed by atoms with E-state index in [9.17, 15) is 4.79 Å². The molecular weight excluding hydrogens is 126 g/mol. The molecule has 10 heavy (non-hydrogen) atoms. The molecule has 0 aromatic carbocycles. The number of hydrogen-bond donors (Lipinski definition) is 1. The zero-order valence-electron chi connectivity index (χ0n) is 6.85. The molecule has 0 heterocycles. The van der Waals surface area contributed by atoms with Crippen molar-refractivity contribution in [1.29, 1.82) is 5.41 Å². The van der Waals surface area contributed by atoms with Crippen molar-refractivity contribution in [3.05, 3.63) is 0 Å². The molecule has 0 amide bonds. The summed E-state index contributed by atoms with van der Waals surface area (Å²) in [5, 5.41) is 7.21. The SMILES string of the molecule is CC(=N)C(C=O)CC(C)C. The lowest BCUT2D eigenvalue weighted by atomic mass is 9.95. The van der Waals surface area contributed by atoms with Crippen molar-refractivity contribution in [2.24, 2.45) is 11.8 Å². The zero-order valence-corrected chi connectivity index (χ0v) is 6.85. The first kappa shape index (κ1) is 9.34. The van der Waals surface area contributed by atoms with Crippen molar-refractivity contribution in [1.82, 2.24) is 0 Å². The van der Waals surface area contributed by atoms with Gasteiger partial charge in [0.05, 0.1) is 5.92 Å². The van der Waals surface area contributed by atoms with Crippen LogP contribution in [-0.2, 0) is 4.79 Å². The van der Waals surface area contributed by atoms with E-state index in [1.54, 1.807) is 6.92 Å². The molecule has 0 saturated carbocycles. The van der Waals surface area contributed by atoms with Gasteiger partial charge in [-0.3, -0.25) is 0 Å². The zero-order chi connectivity index (χ0) is 8.15. The molecule has 0 bridgehead atoms. The molecule has 0 aliphatic heterocycles. The van der Waals surface area contributed by atoms with E-state index in [2.05, 4.69) is 13.8 Å². The van der Waals surface area contributed by atoms with Crippen LogP contribution in [0.15, 0.2) is 0 Å². The summed E-state index contributed by atoms with van der Waals surface area (Å²) < 4.78 is 0. The Morgan fingerprint density at radius 3 is 2.20 bits per heavy atom. The first-order valence-electron chi connectivity index (χ1n) is 3.58. The van der Waals surface area contributed by atoms with E-state index in [1.165, 1.54) is 0 Å². The van der Waals surface area contributed by atoms with E-state index < -0.39 is 0 Å². The molecule has 2 nitrogen and oxygen atoms in total. The van der Waals surface area contributed by atoms with Gasteiger partial charge in [-0.1, -0.05) is 13.8 Å². The molecule has 0 aliphatic carbocycles. The molecule has 0 rings (SSSR count). The van der Waals surface area contributed by atoms with Gasteiger partial charge in [0.1, 0.15) is 6.29 Å². The van der Waals surface area contributed by atoms with Crippen LogP contribution in [0.1, 0.15) is 27.2 Å². The minimum Gasteiger partial charge on any atom is -0.309 e. The van der Waals surface area contributed by atoms with Crippen LogP contribution in [0.5, 0.6) is 0 Å². The normalized spacial score (nSPS) is 13.2. The lowest BCUT2D eigenvalue weighted by Gasteiger charge is -2.09. The average Bonchev–Trinajstić information content (AvgIpc) is 1.81. The molecule has 58 valence electrons. The fourth-order valence-corrected chi connectivity index (χ4v) is 0.842. The number of carbonyl (C=O) groups is 1. The summed E-state index contributed by atoms with van der Waals surface area (Å²) in [6.07, 6.45) is 1.67. The maximum atomic E-state index is 10.3. The van der Waals surface area contributed by atoms with E-state index in [4.69, 9.17) is 5.41 Å². The molecule has 1 atom stereocenters. The third-order valence-corrected chi connectivity index (χ3v) is 1.45. The molecule has 1 unspecified atom stereocenters. The smallest absolute Gasteiger partial charge is 0.128 e. The monoisotopic (exact) mass is 141 g/mol. The summed E-state index contributed by atoms with van der Waals surface area (Å²) in [7, 11) is 0. The average molecular weight is 141 g/mol. The Labute approximate surface area is 62.1 Å². The van der Waals surface area contributed by atoms with Gasteiger partial charge in [0.15, 0.2) is 0 Å². The molecule has 0 aliphatic rings. The fourth-order valence-electron chi connectivity index (χ4n) is 0.842. The lowest BCUT2D eigenvalue weighted by molar-refractivity contribution is -0.109. The van der Waals surface area contributed by atoms with Crippen molar-refractivity contribution in [3.63, 3.8) is 0 Å². The number of nitrogens with one attached hydrogen (secondary N) is 1. The highest BCUT2D eigenvalue weighted by Gasteiger charge is 2.10. The van der Waals surface area contributed by atoms with Crippen LogP contribution in [-0.4, -0.2) is 12.0 Å². The van der Waals surface area contributed by atoms with Gasteiger partial charge in [-0.2, -0.15) is 0 Å². The van der Waals surface area contributed by atoms with Gasteiger partial charge in [-0.15, -0.1) is 0 Å². The predicted octanol–water partition coefficient (Wildman–Crippen LogP) is 1.89. The van der Waals surface area contributed by atoms with Gasteiger partial charge in [-0.05, 0) is 19.3 Å². The van der Waals surface area contributed by atoms with E-state index in [1.807, 2.05) is 0 Å². The van der Waals surface area contributed by atoms with Gasteiger partial charge in [0.2, 0.25) is 0 Å². The van der Waals surface area contributed by atoms with Gasteiger partial charge in [0.25, 0.3) is 0 Å². The highest BCUT2D eigenvalue weighted by molar-refractivity contribution is 5.93. The summed E-state index contributed by atoms with van der Waals surface area (Å²) in [5.74, 6) is 0.343. The molecule has 0 fully saturated rings. The molecular formula is C8H15NO. The maximum absolute atomic E-state index is 10.3. The number of rotatable bonds is 4. The van der Waals surface area contributed by atoms with Crippen LogP contribution in [0.3, 0.4) is 0 Å². The second-order valence-corrected chi connectivity index (χ2v) is 3.06. The maximum Gasteiger partial charge on any atom is 0.128 e. The summed E-state index contributed by atoms with van der Waals surface area (Å²) in [4.78, 5) is 10.3. The Hall–Kier alpha value is -0.660. The Kier molecular flexibility index (Phi) is 3.93. The Balaban J connectivity index is 3.83. The van der Waals surface area contributed by atoms with Crippen LogP contribution in [0, 0.1) is 17.2 Å². The van der Waals surface area contributed by atoms with E-state index in [0.29, 0.717) is 11.6 Å². The first-order chi connectivity index (χ1) is 4.57. The summed E-state index contributed by atoms with van der Waals surface area (Å²) in [5.41, 5.74) is 0.476. The van der Waals surface area contributed by atoms with Crippen molar-refractivity contribution in [2.45, 2.75) is 27.2 Å². The quantitative estimate of drug-likeness (QED) is 0.471. The van der Waals surface area contributed by atoms with Gasteiger partial charge < -0.3 is 10.2 Å². The molecule has 0 radical (unpaired) electrons. The molecule has 1 N–H and O–H groups in total. The highest BCUT2D eigenvalue weighted by atomic mass is 16.1. The number of hydrogen-bond acceptors (Lipinski definition) is 2. The third kappa shape index (κ3) is 3.38. The van der Waals surface area contributed by atoms with E-state index >= 15 is 0 Å². The molecule has 2 heteroatoms. The molecule has 0 saturated heterocycles. The van der Waals surface area contributed by atoms with Crippen molar-refractivity contribution >= 4 is 12.0 Å². The van der Waals surface area contributed by atoms with Crippen LogP contribution < -0.4 is 0 Å². The third-order valence-electron chi connectivity index (χ3n) is 1.45. The summed E-state index contributed by atoms with van der Waals surface area (Å²) in [6.45, 7) is 5.79. The van der Waals surface area contributed by atoms with Crippen LogP contribution in [0.2, 0.25) is 0 Å². The van der Waals surface area contributed by atoms with Crippen molar-refractivity contribution in [3.8, 4) is 0 Å². The number of carbonyl (C=O) groups excluding carboxylic acids is 1. The molecule has 0 aromatic rings. The summed E-state index contributed by atoms with van der Waals surface area (Å²) in [6, 6.07) is 0.